The molecule has 0 bridgehead atoms. The molecule has 2 heterocycles. The lowest BCUT2D eigenvalue weighted by Gasteiger charge is -2.29. The van der Waals surface area contributed by atoms with E-state index in [1.165, 1.54) is 17.9 Å². The fraction of sp³-hybridized carbons (Fsp3) is 0.625. The van der Waals surface area contributed by atoms with Crippen LogP contribution in [-0.2, 0) is 4.79 Å². The summed E-state index contributed by atoms with van der Waals surface area (Å²) >= 11 is 1.34. The molecule has 0 spiro atoms. The Bertz CT molecular complexity index is 313. The highest BCUT2D eigenvalue weighted by Gasteiger charge is 2.22. The second-order valence-corrected chi connectivity index (χ2v) is 4.18. The Labute approximate surface area is 86.3 Å². The third-order valence-corrected chi connectivity index (χ3v) is 2.91. The van der Waals surface area contributed by atoms with Gasteiger partial charge in [0.05, 0.1) is 0 Å². The topological polar surface area (TPSA) is 58.1 Å². The van der Waals surface area contributed by atoms with Gasteiger partial charge in [-0.25, -0.2) is 4.98 Å². The molecule has 1 aliphatic heterocycles. The summed E-state index contributed by atoms with van der Waals surface area (Å²) in [6, 6.07) is 0.311. The van der Waals surface area contributed by atoms with Gasteiger partial charge in [0.25, 0.3) is 0 Å². The van der Waals surface area contributed by atoms with Gasteiger partial charge >= 0.3 is 0 Å². The number of piperidine rings is 1. The van der Waals surface area contributed by atoms with Crippen LogP contribution in [0.1, 0.15) is 12.8 Å². The number of anilines is 1. The van der Waals surface area contributed by atoms with Crippen molar-refractivity contribution in [1.82, 2.24) is 14.3 Å². The third kappa shape index (κ3) is 2.01. The van der Waals surface area contributed by atoms with Crippen LogP contribution in [0.25, 0.3) is 0 Å². The number of hydrogen-bond acceptors (Lipinski definition) is 5. The van der Waals surface area contributed by atoms with E-state index < -0.39 is 0 Å². The molecular formula is C8H12N4OS. The molecule has 76 valence electrons. The molecule has 1 atom stereocenters. The molecule has 2 rings (SSSR count). The molecule has 0 saturated carbocycles. The van der Waals surface area contributed by atoms with E-state index in [0.717, 1.165) is 18.1 Å². The van der Waals surface area contributed by atoms with Gasteiger partial charge in [0, 0.05) is 37.6 Å². The van der Waals surface area contributed by atoms with Crippen molar-refractivity contribution in [3.63, 3.8) is 0 Å². The van der Waals surface area contributed by atoms with Crippen LogP contribution in [0.3, 0.4) is 0 Å². The first-order chi connectivity index (χ1) is 6.75. The average molecular weight is 212 g/mol. The summed E-state index contributed by atoms with van der Waals surface area (Å²) in [5, 5.41) is 4.09. The molecule has 6 heteroatoms. The SMILES string of the molecule is CN1CC(Nc2ncns2)CCC1=O. The Hall–Kier alpha value is -1.17. The highest BCUT2D eigenvalue weighted by atomic mass is 32.1. The van der Waals surface area contributed by atoms with Gasteiger partial charge in [-0.1, -0.05) is 0 Å². The average Bonchev–Trinajstić information content (AvgIpc) is 2.64. The molecule has 5 nitrogen and oxygen atoms in total. The molecule has 1 aliphatic rings. The number of likely N-dealkylation sites (N-methyl/N-ethyl adjacent to an activating group) is 1. The van der Waals surface area contributed by atoms with E-state index in [2.05, 4.69) is 14.7 Å². The number of likely N-dealkylation sites (tertiary alicyclic amines) is 1. The van der Waals surface area contributed by atoms with Crippen molar-refractivity contribution in [2.24, 2.45) is 0 Å². The number of hydrogen-bond donors (Lipinski definition) is 1. The van der Waals surface area contributed by atoms with Crippen LogP contribution in [-0.4, -0.2) is 39.8 Å². The Kier molecular flexibility index (Phi) is 2.62. The zero-order valence-electron chi connectivity index (χ0n) is 7.93. The Morgan fingerprint density at radius 1 is 1.71 bits per heavy atom. The second-order valence-electron chi connectivity index (χ2n) is 3.40. The van der Waals surface area contributed by atoms with Gasteiger partial charge in [0.15, 0.2) is 0 Å². The van der Waals surface area contributed by atoms with Crippen LogP contribution >= 0.6 is 11.5 Å². The van der Waals surface area contributed by atoms with Crippen molar-refractivity contribution in [3.05, 3.63) is 6.33 Å². The lowest BCUT2D eigenvalue weighted by atomic mass is 10.1. The van der Waals surface area contributed by atoms with Crippen LogP contribution in [0.5, 0.6) is 0 Å². The Morgan fingerprint density at radius 3 is 3.21 bits per heavy atom. The zero-order chi connectivity index (χ0) is 9.97. The van der Waals surface area contributed by atoms with Gasteiger partial charge in [-0.2, -0.15) is 4.37 Å². The quantitative estimate of drug-likeness (QED) is 0.778. The molecule has 0 aliphatic carbocycles. The molecule has 0 aromatic carbocycles. The first-order valence-electron chi connectivity index (χ1n) is 4.53. The lowest BCUT2D eigenvalue weighted by Crippen LogP contribution is -2.43. The number of carbonyl (C=O) groups is 1. The normalized spacial score (nSPS) is 22.5. The van der Waals surface area contributed by atoms with E-state index in [1.807, 2.05) is 7.05 Å². The highest BCUT2D eigenvalue weighted by Crippen LogP contribution is 2.15. The number of carbonyl (C=O) groups excluding carboxylic acids is 1. The van der Waals surface area contributed by atoms with E-state index in [-0.39, 0.29) is 5.91 Å². The summed E-state index contributed by atoms with van der Waals surface area (Å²) in [5.41, 5.74) is 0. The lowest BCUT2D eigenvalue weighted by molar-refractivity contribution is -0.132. The van der Waals surface area contributed by atoms with Crippen molar-refractivity contribution in [3.8, 4) is 0 Å². The van der Waals surface area contributed by atoms with Crippen LogP contribution < -0.4 is 5.32 Å². The number of rotatable bonds is 2. The van der Waals surface area contributed by atoms with Gasteiger partial charge in [-0.3, -0.25) is 4.79 Å². The maximum Gasteiger partial charge on any atom is 0.222 e. The van der Waals surface area contributed by atoms with Gasteiger partial charge in [-0.15, -0.1) is 0 Å². The van der Waals surface area contributed by atoms with Crippen molar-refractivity contribution in [2.75, 3.05) is 18.9 Å². The largest absolute Gasteiger partial charge is 0.356 e. The summed E-state index contributed by atoms with van der Waals surface area (Å²) in [6.45, 7) is 0.748. The monoisotopic (exact) mass is 212 g/mol. The van der Waals surface area contributed by atoms with E-state index in [0.29, 0.717) is 12.5 Å². The number of amides is 1. The van der Waals surface area contributed by atoms with E-state index in [9.17, 15) is 4.79 Å². The van der Waals surface area contributed by atoms with Crippen molar-refractivity contribution in [2.45, 2.75) is 18.9 Å². The molecule has 1 aromatic heterocycles. The highest BCUT2D eigenvalue weighted by molar-refractivity contribution is 7.09. The fourth-order valence-electron chi connectivity index (χ4n) is 1.54. The molecule has 1 fully saturated rings. The molecule has 1 N–H and O–H groups in total. The van der Waals surface area contributed by atoms with Crippen molar-refractivity contribution >= 4 is 22.6 Å². The van der Waals surface area contributed by atoms with Crippen LogP contribution in [0, 0.1) is 0 Å². The van der Waals surface area contributed by atoms with Crippen LogP contribution in [0.4, 0.5) is 5.13 Å². The standard InChI is InChI=1S/C8H12N4OS/c1-12-4-6(2-3-7(12)13)11-8-9-5-10-14-8/h5-6H,2-4H2,1H3,(H,9,10,11). The summed E-state index contributed by atoms with van der Waals surface area (Å²) in [6.07, 6.45) is 3.03. The number of nitrogens with zero attached hydrogens (tertiary/aromatic N) is 3. The number of nitrogens with one attached hydrogen (secondary N) is 1. The first kappa shape index (κ1) is 9.39. The number of aromatic nitrogens is 2. The van der Waals surface area contributed by atoms with Gasteiger partial charge in [-0.05, 0) is 6.42 Å². The van der Waals surface area contributed by atoms with E-state index in [4.69, 9.17) is 0 Å². The van der Waals surface area contributed by atoms with Gasteiger partial charge < -0.3 is 10.2 Å². The van der Waals surface area contributed by atoms with Gasteiger partial charge in [0.2, 0.25) is 11.0 Å². The maximum atomic E-state index is 11.2. The second kappa shape index (κ2) is 3.91. The summed E-state index contributed by atoms with van der Waals surface area (Å²) < 4.78 is 3.91. The summed E-state index contributed by atoms with van der Waals surface area (Å²) in [7, 11) is 1.83. The van der Waals surface area contributed by atoms with Crippen molar-refractivity contribution in [1.29, 1.82) is 0 Å². The minimum absolute atomic E-state index is 0.223. The minimum Gasteiger partial charge on any atom is -0.356 e. The molecule has 0 radical (unpaired) electrons. The molecular weight excluding hydrogens is 200 g/mol. The smallest absolute Gasteiger partial charge is 0.222 e. The molecule has 1 saturated heterocycles. The predicted octanol–water partition coefficient (Wildman–Crippen LogP) is 0.571. The Balaban J connectivity index is 1.91. The first-order valence-corrected chi connectivity index (χ1v) is 5.30. The predicted molar refractivity (Wildman–Crippen MR) is 54.2 cm³/mol. The molecule has 1 amide bonds. The van der Waals surface area contributed by atoms with E-state index >= 15 is 0 Å². The van der Waals surface area contributed by atoms with Crippen LogP contribution in [0.2, 0.25) is 0 Å². The van der Waals surface area contributed by atoms with Gasteiger partial charge in [0.1, 0.15) is 6.33 Å². The minimum atomic E-state index is 0.223. The summed E-state index contributed by atoms with van der Waals surface area (Å²) in [5.74, 6) is 0.223. The maximum absolute atomic E-state index is 11.2. The van der Waals surface area contributed by atoms with Crippen LogP contribution in [0.15, 0.2) is 6.33 Å². The Morgan fingerprint density at radius 2 is 2.57 bits per heavy atom. The summed E-state index contributed by atoms with van der Waals surface area (Å²) in [4.78, 5) is 17.0. The fourth-order valence-corrected chi connectivity index (χ4v) is 2.05. The zero-order valence-corrected chi connectivity index (χ0v) is 8.75. The molecule has 1 unspecified atom stereocenters. The van der Waals surface area contributed by atoms with E-state index in [1.54, 1.807) is 4.90 Å². The third-order valence-electron chi connectivity index (χ3n) is 2.32. The van der Waals surface area contributed by atoms with Crippen molar-refractivity contribution < 1.29 is 4.79 Å². The molecule has 14 heavy (non-hydrogen) atoms. The molecule has 1 aromatic rings.